The van der Waals surface area contributed by atoms with Gasteiger partial charge in [0.2, 0.25) is 5.95 Å². The number of thiophene rings is 1. The number of fused-ring (bicyclic) bond motifs is 1. The van der Waals surface area contributed by atoms with Gasteiger partial charge >= 0.3 is 6.01 Å². The number of carbonyl (C=O) groups is 1. The Balaban J connectivity index is 1.48. The van der Waals surface area contributed by atoms with Crippen molar-refractivity contribution in [1.82, 2.24) is 20.3 Å². The minimum atomic E-state index is -0.150. The molecule has 0 atom stereocenters. The van der Waals surface area contributed by atoms with Crippen molar-refractivity contribution in [2.45, 2.75) is 6.54 Å². The third-order valence-corrected chi connectivity index (χ3v) is 5.30. The zero-order chi connectivity index (χ0) is 18.6. The summed E-state index contributed by atoms with van der Waals surface area (Å²) in [6.45, 7) is 2.88. The van der Waals surface area contributed by atoms with Crippen molar-refractivity contribution in [3.63, 3.8) is 0 Å². The summed E-state index contributed by atoms with van der Waals surface area (Å²) in [5.74, 6) is 0.845. The van der Waals surface area contributed by atoms with Crippen LogP contribution in [0.15, 0.2) is 30.3 Å². The predicted octanol–water partition coefficient (Wildman–Crippen LogP) is 1.86. The number of benzene rings is 1. The highest BCUT2D eigenvalue weighted by atomic mass is 32.1. The number of nitrogens with zero attached hydrogens (tertiary/aromatic N) is 4. The maximum Gasteiger partial charge on any atom is 0.321 e. The van der Waals surface area contributed by atoms with Gasteiger partial charge in [-0.05, 0) is 17.5 Å². The van der Waals surface area contributed by atoms with Crippen LogP contribution in [0.2, 0.25) is 0 Å². The van der Waals surface area contributed by atoms with E-state index in [-0.39, 0.29) is 18.5 Å². The highest BCUT2D eigenvalue weighted by molar-refractivity contribution is 7.20. The molecule has 140 valence electrons. The lowest BCUT2D eigenvalue weighted by molar-refractivity contribution is 0.0954. The Bertz CT molecular complexity index is 922. The highest BCUT2D eigenvalue weighted by Gasteiger charge is 2.17. The first-order valence-electron chi connectivity index (χ1n) is 8.61. The number of morpholine rings is 1. The average molecular weight is 385 g/mol. The number of hydrogen-bond donors (Lipinski definition) is 1. The minimum absolute atomic E-state index is 0.150. The summed E-state index contributed by atoms with van der Waals surface area (Å²) < 4.78 is 11.6. The van der Waals surface area contributed by atoms with E-state index < -0.39 is 0 Å². The fraction of sp³-hybridized carbons (Fsp3) is 0.333. The Kier molecular flexibility index (Phi) is 5.12. The van der Waals surface area contributed by atoms with E-state index in [1.807, 2.05) is 35.2 Å². The number of nitrogens with one attached hydrogen (secondary N) is 1. The molecule has 4 rings (SSSR count). The van der Waals surface area contributed by atoms with E-state index in [4.69, 9.17) is 9.47 Å². The predicted molar refractivity (Wildman–Crippen MR) is 102 cm³/mol. The molecule has 0 saturated carbocycles. The molecule has 1 aliphatic rings. The number of amides is 1. The molecule has 1 fully saturated rings. The first-order chi connectivity index (χ1) is 13.2. The van der Waals surface area contributed by atoms with Crippen molar-refractivity contribution in [1.29, 1.82) is 0 Å². The van der Waals surface area contributed by atoms with Gasteiger partial charge < -0.3 is 19.7 Å². The van der Waals surface area contributed by atoms with Gasteiger partial charge in [-0.2, -0.15) is 15.0 Å². The number of carbonyl (C=O) groups excluding carboxylic acids is 1. The van der Waals surface area contributed by atoms with Gasteiger partial charge in [-0.1, -0.05) is 18.2 Å². The second kappa shape index (κ2) is 7.85. The summed E-state index contributed by atoms with van der Waals surface area (Å²) in [7, 11) is 1.51. The monoisotopic (exact) mass is 385 g/mol. The summed E-state index contributed by atoms with van der Waals surface area (Å²) in [6.07, 6.45) is 0. The van der Waals surface area contributed by atoms with Crippen LogP contribution >= 0.6 is 11.3 Å². The van der Waals surface area contributed by atoms with Crippen molar-refractivity contribution in [3.8, 4) is 6.01 Å². The Labute approximate surface area is 160 Å². The van der Waals surface area contributed by atoms with E-state index in [1.54, 1.807) is 0 Å². The second-order valence-electron chi connectivity index (χ2n) is 5.97. The maximum absolute atomic E-state index is 12.5. The SMILES string of the molecule is COc1nc(CNC(=O)c2cc3ccccc3s2)nc(N2CCOCC2)n1. The molecular formula is C18H19N5O3S. The van der Waals surface area contributed by atoms with Crippen LogP contribution in [0.5, 0.6) is 6.01 Å². The summed E-state index contributed by atoms with van der Waals surface area (Å²) >= 11 is 1.46. The topological polar surface area (TPSA) is 89.5 Å². The molecule has 1 aromatic carbocycles. The number of methoxy groups -OCH3 is 1. The molecule has 2 aromatic heterocycles. The molecule has 9 heteroatoms. The molecule has 1 saturated heterocycles. The van der Waals surface area contributed by atoms with Crippen LogP contribution in [-0.2, 0) is 11.3 Å². The highest BCUT2D eigenvalue weighted by Crippen LogP contribution is 2.25. The zero-order valence-electron chi connectivity index (χ0n) is 14.8. The number of ether oxygens (including phenoxy) is 2. The van der Waals surface area contributed by atoms with Gasteiger partial charge in [0.25, 0.3) is 5.91 Å². The van der Waals surface area contributed by atoms with Gasteiger partial charge in [-0.15, -0.1) is 11.3 Å². The van der Waals surface area contributed by atoms with Crippen LogP contribution in [0, 0.1) is 0 Å². The summed E-state index contributed by atoms with van der Waals surface area (Å²) in [6, 6.07) is 10.0. The Hall–Kier alpha value is -2.78. The van der Waals surface area contributed by atoms with Gasteiger partial charge in [0, 0.05) is 17.8 Å². The van der Waals surface area contributed by atoms with Gasteiger partial charge in [0.15, 0.2) is 5.82 Å². The molecule has 0 unspecified atom stereocenters. The van der Waals surface area contributed by atoms with E-state index in [0.717, 1.165) is 10.1 Å². The van der Waals surface area contributed by atoms with Crippen molar-refractivity contribution >= 4 is 33.3 Å². The molecule has 27 heavy (non-hydrogen) atoms. The minimum Gasteiger partial charge on any atom is -0.467 e. The summed E-state index contributed by atoms with van der Waals surface area (Å²) in [4.78, 5) is 28.2. The molecule has 8 nitrogen and oxygen atoms in total. The molecular weight excluding hydrogens is 366 g/mol. The van der Waals surface area contributed by atoms with Gasteiger partial charge in [0.05, 0.1) is 31.7 Å². The summed E-state index contributed by atoms with van der Waals surface area (Å²) in [5, 5.41) is 3.94. The molecule has 0 spiro atoms. The number of rotatable bonds is 5. The Morgan fingerprint density at radius 2 is 2.07 bits per heavy atom. The lowest BCUT2D eigenvalue weighted by atomic mass is 10.2. The average Bonchev–Trinajstić information content (AvgIpc) is 3.17. The van der Waals surface area contributed by atoms with Crippen LogP contribution in [0.1, 0.15) is 15.5 Å². The van der Waals surface area contributed by atoms with Gasteiger partial charge in [-0.25, -0.2) is 0 Å². The van der Waals surface area contributed by atoms with E-state index in [2.05, 4.69) is 20.3 Å². The van der Waals surface area contributed by atoms with Crippen LogP contribution < -0.4 is 15.0 Å². The molecule has 1 N–H and O–H groups in total. The molecule has 3 aromatic rings. The third kappa shape index (κ3) is 3.99. The quantitative estimate of drug-likeness (QED) is 0.717. The van der Waals surface area contributed by atoms with E-state index in [0.29, 0.717) is 43.0 Å². The lowest BCUT2D eigenvalue weighted by Crippen LogP contribution is -2.37. The molecule has 1 aliphatic heterocycles. The van der Waals surface area contributed by atoms with Crippen molar-refractivity contribution in [2.75, 3.05) is 38.3 Å². The second-order valence-corrected chi connectivity index (χ2v) is 7.05. The van der Waals surface area contributed by atoms with Crippen LogP contribution in [0.25, 0.3) is 10.1 Å². The summed E-state index contributed by atoms with van der Waals surface area (Å²) in [5.41, 5.74) is 0. The van der Waals surface area contributed by atoms with Crippen molar-refractivity contribution < 1.29 is 14.3 Å². The van der Waals surface area contributed by atoms with E-state index >= 15 is 0 Å². The van der Waals surface area contributed by atoms with Crippen LogP contribution in [-0.4, -0.2) is 54.3 Å². The van der Waals surface area contributed by atoms with Crippen LogP contribution in [0.4, 0.5) is 5.95 Å². The van der Waals surface area contributed by atoms with E-state index in [9.17, 15) is 4.79 Å². The lowest BCUT2D eigenvalue weighted by Gasteiger charge is -2.26. The zero-order valence-corrected chi connectivity index (χ0v) is 15.7. The third-order valence-electron chi connectivity index (χ3n) is 4.18. The number of aromatic nitrogens is 3. The van der Waals surface area contributed by atoms with Gasteiger partial charge in [0.1, 0.15) is 0 Å². The normalized spacial score (nSPS) is 14.3. The van der Waals surface area contributed by atoms with Crippen molar-refractivity contribution in [3.05, 3.63) is 41.0 Å². The Morgan fingerprint density at radius 3 is 2.85 bits per heavy atom. The fourth-order valence-corrected chi connectivity index (χ4v) is 3.78. The molecule has 0 radical (unpaired) electrons. The molecule has 0 bridgehead atoms. The first-order valence-corrected chi connectivity index (χ1v) is 9.43. The van der Waals surface area contributed by atoms with E-state index in [1.165, 1.54) is 18.4 Å². The van der Waals surface area contributed by atoms with Crippen LogP contribution in [0.3, 0.4) is 0 Å². The Morgan fingerprint density at radius 1 is 1.26 bits per heavy atom. The number of hydrogen-bond acceptors (Lipinski definition) is 8. The molecule has 1 amide bonds. The van der Waals surface area contributed by atoms with Gasteiger partial charge in [-0.3, -0.25) is 4.79 Å². The molecule has 0 aliphatic carbocycles. The van der Waals surface area contributed by atoms with Crippen molar-refractivity contribution in [2.24, 2.45) is 0 Å². The smallest absolute Gasteiger partial charge is 0.321 e. The maximum atomic E-state index is 12.5. The number of anilines is 1. The standard InChI is InChI=1S/C18H19N5O3S/c1-25-18-21-15(20-17(22-18)23-6-8-26-9-7-23)11-19-16(24)14-10-12-4-2-3-5-13(12)27-14/h2-5,10H,6-9,11H2,1H3,(H,19,24). The largest absolute Gasteiger partial charge is 0.467 e. The molecule has 3 heterocycles. The fourth-order valence-electron chi connectivity index (χ4n) is 2.80. The first kappa shape index (κ1) is 17.6.